The van der Waals surface area contributed by atoms with Crippen molar-refractivity contribution in [1.29, 1.82) is 0 Å². The molecule has 0 N–H and O–H groups in total. The highest BCUT2D eigenvalue weighted by Crippen LogP contribution is 2.39. The van der Waals surface area contributed by atoms with Crippen molar-refractivity contribution in [3.63, 3.8) is 0 Å². The smallest absolute Gasteiger partial charge is 0.340 e. The number of rotatable bonds is 3. The molecule has 1 aromatic heterocycles. The largest absolute Gasteiger partial charge is 0.465 e. The van der Waals surface area contributed by atoms with E-state index in [4.69, 9.17) is 0 Å². The Morgan fingerprint density at radius 2 is 2.20 bits per heavy atom. The molecule has 1 fully saturated rings. The van der Waals surface area contributed by atoms with Crippen molar-refractivity contribution in [2.45, 2.75) is 25.7 Å². The zero-order valence-electron chi connectivity index (χ0n) is 11.4. The summed E-state index contributed by atoms with van der Waals surface area (Å²) in [4.78, 5) is 15.9. The number of esters is 1. The summed E-state index contributed by atoms with van der Waals surface area (Å²) in [7, 11) is 1.24. The molecule has 0 spiro atoms. The molecule has 0 radical (unpaired) electrons. The van der Waals surface area contributed by atoms with E-state index in [1.807, 2.05) is 10.8 Å². The lowest BCUT2D eigenvalue weighted by atomic mass is 10.1. The van der Waals surface area contributed by atoms with Crippen LogP contribution in [0.3, 0.4) is 0 Å². The van der Waals surface area contributed by atoms with Gasteiger partial charge in [-0.05, 0) is 37.5 Å². The van der Waals surface area contributed by atoms with Gasteiger partial charge in [0.25, 0.3) is 0 Å². The van der Waals surface area contributed by atoms with Crippen LogP contribution >= 0.6 is 0 Å². The lowest BCUT2D eigenvalue weighted by molar-refractivity contribution is 0.0595. The molecule has 0 bridgehead atoms. The van der Waals surface area contributed by atoms with Crippen LogP contribution < -0.4 is 0 Å². The van der Waals surface area contributed by atoms with Gasteiger partial charge in [-0.25, -0.2) is 14.2 Å². The molecule has 1 aromatic carbocycles. The monoisotopic (exact) mass is 274 g/mol. The fourth-order valence-corrected chi connectivity index (χ4v) is 2.27. The first-order valence-electron chi connectivity index (χ1n) is 6.53. The first kappa shape index (κ1) is 12.8. The van der Waals surface area contributed by atoms with Gasteiger partial charge in [0.1, 0.15) is 5.82 Å². The maximum Gasteiger partial charge on any atom is 0.340 e. The zero-order valence-corrected chi connectivity index (χ0v) is 11.4. The van der Waals surface area contributed by atoms with Gasteiger partial charge in [0.15, 0.2) is 0 Å². The van der Waals surface area contributed by atoms with Crippen LogP contribution in [0.2, 0.25) is 0 Å². The number of halogens is 1. The molecule has 0 saturated heterocycles. The van der Waals surface area contributed by atoms with Crippen molar-refractivity contribution in [3.8, 4) is 5.69 Å². The number of imidazole rings is 1. The molecule has 5 heteroatoms. The van der Waals surface area contributed by atoms with Gasteiger partial charge >= 0.3 is 5.97 Å². The van der Waals surface area contributed by atoms with E-state index in [9.17, 15) is 9.18 Å². The average Bonchev–Trinajstić information content (AvgIpc) is 3.17. The Balaban J connectivity index is 2.04. The number of hydrogen-bond acceptors (Lipinski definition) is 3. The van der Waals surface area contributed by atoms with Crippen LogP contribution in [-0.2, 0) is 4.74 Å². The van der Waals surface area contributed by atoms with Gasteiger partial charge in [0, 0.05) is 12.1 Å². The molecule has 0 aliphatic heterocycles. The van der Waals surface area contributed by atoms with Crippen molar-refractivity contribution in [3.05, 3.63) is 47.3 Å². The third kappa shape index (κ3) is 2.19. The number of benzene rings is 1. The van der Waals surface area contributed by atoms with E-state index < -0.39 is 11.8 Å². The number of nitrogens with zero attached hydrogens (tertiary/aromatic N) is 2. The highest BCUT2D eigenvalue weighted by atomic mass is 19.1. The molecule has 1 heterocycles. The maximum absolute atomic E-state index is 13.8. The Kier molecular flexibility index (Phi) is 3.04. The molecule has 0 amide bonds. The first-order valence-corrected chi connectivity index (χ1v) is 6.53. The molecular formula is C15H15FN2O2. The minimum absolute atomic E-state index is 0.0604. The fraction of sp³-hybridized carbons (Fsp3) is 0.333. The Morgan fingerprint density at radius 1 is 1.45 bits per heavy atom. The van der Waals surface area contributed by atoms with Crippen LogP contribution in [0.15, 0.2) is 24.7 Å². The molecule has 1 aliphatic carbocycles. The second-order valence-electron chi connectivity index (χ2n) is 5.09. The second kappa shape index (κ2) is 4.74. The summed E-state index contributed by atoms with van der Waals surface area (Å²) in [5.74, 6) is -0.691. The number of aryl methyl sites for hydroxylation is 1. The van der Waals surface area contributed by atoms with Crippen molar-refractivity contribution in [2.75, 3.05) is 7.11 Å². The Bertz CT molecular complexity index is 675. The molecule has 0 unspecified atom stereocenters. The summed E-state index contributed by atoms with van der Waals surface area (Å²) < 4.78 is 20.2. The van der Waals surface area contributed by atoms with Gasteiger partial charge in [-0.1, -0.05) is 0 Å². The Labute approximate surface area is 116 Å². The van der Waals surface area contributed by atoms with Crippen LogP contribution in [0.4, 0.5) is 4.39 Å². The molecule has 4 nitrogen and oxygen atoms in total. The number of carbonyl (C=O) groups excluding carboxylic acids is 1. The van der Waals surface area contributed by atoms with Crippen LogP contribution in [0.25, 0.3) is 5.69 Å². The zero-order chi connectivity index (χ0) is 14.3. The molecule has 0 atom stereocenters. The van der Waals surface area contributed by atoms with Gasteiger partial charge in [-0.2, -0.15) is 0 Å². The number of aromatic nitrogens is 2. The van der Waals surface area contributed by atoms with Crippen molar-refractivity contribution < 1.29 is 13.9 Å². The van der Waals surface area contributed by atoms with Crippen LogP contribution in [0.1, 0.15) is 40.4 Å². The van der Waals surface area contributed by atoms with Crippen molar-refractivity contribution in [1.82, 2.24) is 9.55 Å². The third-order valence-electron chi connectivity index (χ3n) is 3.57. The molecule has 104 valence electrons. The molecule has 1 saturated carbocycles. The van der Waals surface area contributed by atoms with Gasteiger partial charge in [0.05, 0.1) is 30.4 Å². The van der Waals surface area contributed by atoms with Gasteiger partial charge in [0.2, 0.25) is 0 Å². The molecule has 2 aromatic rings. The second-order valence-corrected chi connectivity index (χ2v) is 5.09. The SMILES string of the molecule is COC(=O)c1cc(-n2cnc(C3CC3)c2)c(C)cc1F. The fourth-order valence-electron chi connectivity index (χ4n) is 2.27. The minimum Gasteiger partial charge on any atom is -0.465 e. The summed E-state index contributed by atoms with van der Waals surface area (Å²) in [6.07, 6.45) is 5.99. The predicted octanol–water partition coefficient (Wildman–Crippen LogP) is 2.98. The van der Waals surface area contributed by atoms with E-state index in [1.165, 1.54) is 32.1 Å². The van der Waals surface area contributed by atoms with Crippen LogP contribution in [0.5, 0.6) is 0 Å². The van der Waals surface area contributed by atoms with Gasteiger partial charge < -0.3 is 9.30 Å². The summed E-state index contributed by atoms with van der Waals surface area (Å²) >= 11 is 0. The number of ether oxygens (including phenoxy) is 1. The van der Waals surface area contributed by atoms with Crippen LogP contribution in [0, 0.1) is 12.7 Å². The molecule has 1 aliphatic rings. The summed E-state index contributed by atoms with van der Waals surface area (Å²) in [6, 6.07) is 2.85. The molecular weight excluding hydrogens is 259 g/mol. The third-order valence-corrected chi connectivity index (χ3v) is 3.57. The highest BCUT2D eigenvalue weighted by Gasteiger charge is 2.26. The van der Waals surface area contributed by atoms with E-state index in [2.05, 4.69) is 9.72 Å². The lowest BCUT2D eigenvalue weighted by Crippen LogP contribution is -2.07. The normalized spacial score (nSPS) is 14.3. The van der Waals surface area contributed by atoms with Crippen molar-refractivity contribution in [2.24, 2.45) is 0 Å². The summed E-state index contributed by atoms with van der Waals surface area (Å²) in [6.45, 7) is 1.80. The van der Waals surface area contributed by atoms with E-state index in [1.54, 1.807) is 13.3 Å². The lowest BCUT2D eigenvalue weighted by Gasteiger charge is -2.09. The van der Waals surface area contributed by atoms with Gasteiger partial charge in [-0.15, -0.1) is 0 Å². The minimum atomic E-state index is -0.675. The van der Waals surface area contributed by atoms with E-state index in [0.717, 1.165) is 16.9 Å². The summed E-state index contributed by atoms with van der Waals surface area (Å²) in [5, 5.41) is 0. The standard InChI is InChI=1S/C15H15FN2O2/c1-9-5-12(16)11(15(19)20-2)6-14(9)18-7-13(17-8-18)10-3-4-10/h5-8,10H,3-4H2,1-2H3. The van der Waals surface area contributed by atoms with Gasteiger partial charge in [-0.3, -0.25) is 0 Å². The molecule has 3 rings (SSSR count). The average molecular weight is 274 g/mol. The number of carbonyl (C=O) groups is 1. The van der Waals surface area contributed by atoms with E-state index >= 15 is 0 Å². The number of hydrogen-bond donors (Lipinski definition) is 0. The highest BCUT2D eigenvalue weighted by molar-refractivity contribution is 5.90. The maximum atomic E-state index is 13.8. The Hall–Kier alpha value is -2.17. The topological polar surface area (TPSA) is 44.1 Å². The summed E-state index contributed by atoms with van der Waals surface area (Å²) in [5.41, 5.74) is 2.48. The first-order chi connectivity index (χ1) is 9.60. The van der Waals surface area contributed by atoms with Crippen LogP contribution in [-0.4, -0.2) is 22.6 Å². The Morgan fingerprint density at radius 3 is 2.85 bits per heavy atom. The predicted molar refractivity (Wildman–Crippen MR) is 71.6 cm³/mol. The van der Waals surface area contributed by atoms with E-state index in [0.29, 0.717) is 5.92 Å². The number of methoxy groups -OCH3 is 1. The molecule has 20 heavy (non-hydrogen) atoms. The van der Waals surface area contributed by atoms with Crippen molar-refractivity contribution >= 4 is 5.97 Å². The quantitative estimate of drug-likeness (QED) is 0.808. The van der Waals surface area contributed by atoms with E-state index in [-0.39, 0.29) is 5.56 Å².